The first-order valence-electron chi connectivity index (χ1n) is 6.79. The average molecular weight is 318 g/mol. The van der Waals surface area contributed by atoms with E-state index in [1.54, 1.807) is 26.1 Å². The monoisotopic (exact) mass is 317 g/mol. The number of aryl methyl sites for hydroxylation is 1. The van der Waals surface area contributed by atoms with E-state index in [4.69, 9.17) is 11.6 Å². The second-order valence-electron chi connectivity index (χ2n) is 5.18. The molecule has 1 aromatic heterocycles. The summed E-state index contributed by atoms with van der Waals surface area (Å²) in [6.45, 7) is 1.73. The topological polar surface area (TPSA) is 62.3 Å². The Morgan fingerprint density at radius 1 is 1.30 bits per heavy atom. The van der Waals surface area contributed by atoms with Crippen LogP contribution in [0.25, 0.3) is 0 Å². The fourth-order valence-electron chi connectivity index (χ4n) is 2.49. The van der Waals surface area contributed by atoms with Crippen molar-refractivity contribution < 1.29 is 8.42 Å². The summed E-state index contributed by atoms with van der Waals surface area (Å²) >= 11 is 5.77. The number of aromatic nitrogens is 1. The summed E-state index contributed by atoms with van der Waals surface area (Å²) in [5.74, 6) is 0. The number of hydrogen-bond donors (Lipinski definition) is 1. The second-order valence-corrected chi connectivity index (χ2v) is 7.30. The molecule has 5 nitrogen and oxygen atoms in total. The van der Waals surface area contributed by atoms with Crippen molar-refractivity contribution >= 4 is 27.5 Å². The number of pyridine rings is 1. The Morgan fingerprint density at radius 2 is 1.95 bits per heavy atom. The Balaban J connectivity index is 2.13. The van der Waals surface area contributed by atoms with Gasteiger partial charge in [-0.25, -0.2) is 4.98 Å². The minimum Gasteiger partial charge on any atom is -0.269 e. The van der Waals surface area contributed by atoms with Gasteiger partial charge >= 0.3 is 10.2 Å². The zero-order chi connectivity index (χ0) is 14.8. The van der Waals surface area contributed by atoms with E-state index >= 15 is 0 Å². The highest BCUT2D eigenvalue weighted by atomic mass is 35.5. The Labute approximate surface area is 125 Å². The summed E-state index contributed by atoms with van der Waals surface area (Å²) in [6.07, 6.45) is 5.22. The third-order valence-corrected chi connectivity index (χ3v) is 5.50. The second kappa shape index (κ2) is 6.28. The fourth-order valence-corrected chi connectivity index (χ4v) is 3.92. The molecule has 1 aromatic rings. The molecule has 1 fully saturated rings. The molecule has 1 heterocycles. The van der Waals surface area contributed by atoms with Gasteiger partial charge in [0.2, 0.25) is 0 Å². The van der Waals surface area contributed by atoms with Gasteiger partial charge in [0.25, 0.3) is 0 Å². The maximum Gasteiger partial charge on any atom is 0.301 e. The quantitative estimate of drug-likeness (QED) is 0.868. The summed E-state index contributed by atoms with van der Waals surface area (Å²) in [7, 11) is -1.91. The molecular weight excluding hydrogens is 298 g/mol. The Kier molecular flexibility index (Phi) is 4.88. The van der Waals surface area contributed by atoms with Gasteiger partial charge in [-0.2, -0.15) is 12.7 Å². The van der Waals surface area contributed by atoms with Crippen molar-refractivity contribution in [1.29, 1.82) is 0 Å². The number of nitrogens with zero attached hydrogens (tertiary/aromatic N) is 2. The van der Waals surface area contributed by atoms with Crippen LogP contribution in [0.3, 0.4) is 0 Å². The first-order valence-corrected chi connectivity index (χ1v) is 8.61. The third-order valence-electron chi connectivity index (χ3n) is 3.76. The minimum atomic E-state index is -3.55. The maximum atomic E-state index is 12.4. The van der Waals surface area contributed by atoms with Crippen LogP contribution in [0, 0.1) is 6.92 Å². The zero-order valence-corrected chi connectivity index (χ0v) is 13.3. The van der Waals surface area contributed by atoms with E-state index in [9.17, 15) is 8.42 Å². The summed E-state index contributed by atoms with van der Waals surface area (Å²) in [5.41, 5.74) is 1.04. The molecule has 1 aliphatic carbocycles. The molecule has 1 N–H and O–H groups in total. The van der Waals surface area contributed by atoms with E-state index in [2.05, 4.69) is 9.71 Å². The lowest BCUT2D eigenvalue weighted by atomic mass is 9.96. The standard InChI is InChI=1S/C13H20ClN3O2S/c1-10-12(8-9-13(14)15-10)16-20(18,19)17(2)11-6-4-3-5-7-11/h8-9,11,16H,3-7H2,1-2H3. The van der Waals surface area contributed by atoms with Crippen LogP contribution in [0.4, 0.5) is 5.69 Å². The molecule has 0 unspecified atom stereocenters. The van der Waals surface area contributed by atoms with Crippen molar-refractivity contribution in [2.45, 2.75) is 45.1 Å². The SMILES string of the molecule is Cc1nc(Cl)ccc1NS(=O)(=O)N(C)C1CCCCC1. The highest BCUT2D eigenvalue weighted by molar-refractivity contribution is 7.90. The van der Waals surface area contributed by atoms with Gasteiger partial charge in [-0.05, 0) is 31.9 Å². The number of anilines is 1. The molecule has 1 aliphatic rings. The number of rotatable bonds is 4. The summed E-state index contributed by atoms with van der Waals surface area (Å²) in [6, 6.07) is 3.30. The van der Waals surface area contributed by atoms with Crippen LogP contribution in [0.1, 0.15) is 37.8 Å². The summed E-state index contributed by atoms with van der Waals surface area (Å²) in [4.78, 5) is 4.05. The molecule has 0 saturated heterocycles. The van der Waals surface area contributed by atoms with Crippen LogP contribution in [0.15, 0.2) is 12.1 Å². The van der Waals surface area contributed by atoms with Crippen LogP contribution < -0.4 is 4.72 Å². The zero-order valence-electron chi connectivity index (χ0n) is 11.8. The molecule has 1 saturated carbocycles. The van der Waals surface area contributed by atoms with Crippen molar-refractivity contribution in [1.82, 2.24) is 9.29 Å². The average Bonchev–Trinajstić information content (AvgIpc) is 2.42. The predicted octanol–water partition coefficient (Wildman–Crippen LogP) is 2.96. The normalized spacial score (nSPS) is 17.4. The van der Waals surface area contributed by atoms with Gasteiger partial charge in [0.05, 0.1) is 11.4 Å². The van der Waals surface area contributed by atoms with Gasteiger partial charge in [-0.15, -0.1) is 0 Å². The number of halogens is 1. The van der Waals surface area contributed by atoms with Crippen LogP contribution >= 0.6 is 11.6 Å². The summed E-state index contributed by atoms with van der Waals surface area (Å²) in [5, 5.41) is 0.353. The van der Waals surface area contributed by atoms with Gasteiger partial charge in [-0.1, -0.05) is 30.9 Å². The van der Waals surface area contributed by atoms with E-state index in [0.717, 1.165) is 25.7 Å². The smallest absolute Gasteiger partial charge is 0.269 e. The van der Waals surface area contributed by atoms with Crippen LogP contribution in [-0.2, 0) is 10.2 Å². The highest BCUT2D eigenvalue weighted by Crippen LogP contribution is 2.25. The highest BCUT2D eigenvalue weighted by Gasteiger charge is 2.27. The lowest BCUT2D eigenvalue weighted by Crippen LogP contribution is -2.41. The first-order chi connectivity index (χ1) is 9.40. The molecule has 0 aliphatic heterocycles. The molecule has 7 heteroatoms. The van der Waals surface area contributed by atoms with Crippen LogP contribution in [-0.4, -0.2) is 30.8 Å². The van der Waals surface area contributed by atoms with E-state index in [-0.39, 0.29) is 6.04 Å². The Bertz CT molecular complexity index is 571. The molecule has 0 atom stereocenters. The van der Waals surface area contributed by atoms with E-state index in [1.165, 1.54) is 10.7 Å². The molecule has 0 radical (unpaired) electrons. The first kappa shape index (κ1) is 15.5. The maximum absolute atomic E-state index is 12.4. The Hall–Kier alpha value is -0.850. The van der Waals surface area contributed by atoms with E-state index in [0.29, 0.717) is 16.5 Å². The molecule has 0 aromatic carbocycles. The van der Waals surface area contributed by atoms with Crippen molar-refractivity contribution in [3.05, 3.63) is 23.0 Å². The molecule has 2 rings (SSSR count). The van der Waals surface area contributed by atoms with Crippen molar-refractivity contribution in [3.8, 4) is 0 Å². The predicted molar refractivity (Wildman–Crippen MR) is 81.2 cm³/mol. The summed E-state index contributed by atoms with van der Waals surface area (Å²) < 4.78 is 28.8. The fraction of sp³-hybridized carbons (Fsp3) is 0.615. The molecule has 0 bridgehead atoms. The Morgan fingerprint density at radius 3 is 2.55 bits per heavy atom. The van der Waals surface area contributed by atoms with Crippen molar-refractivity contribution in [2.75, 3.05) is 11.8 Å². The molecular formula is C13H20ClN3O2S. The van der Waals surface area contributed by atoms with Gasteiger partial charge in [0.15, 0.2) is 0 Å². The van der Waals surface area contributed by atoms with E-state index in [1.807, 2.05) is 0 Å². The third kappa shape index (κ3) is 3.62. The van der Waals surface area contributed by atoms with Crippen molar-refractivity contribution in [3.63, 3.8) is 0 Å². The number of hydrogen-bond acceptors (Lipinski definition) is 3. The van der Waals surface area contributed by atoms with Crippen LogP contribution in [0.2, 0.25) is 5.15 Å². The molecule has 112 valence electrons. The molecule has 0 spiro atoms. The largest absolute Gasteiger partial charge is 0.301 e. The van der Waals surface area contributed by atoms with Gasteiger partial charge < -0.3 is 0 Å². The molecule has 20 heavy (non-hydrogen) atoms. The minimum absolute atomic E-state index is 0.0850. The van der Waals surface area contributed by atoms with E-state index < -0.39 is 10.2 Å². The number of nitrogens with one attached hydrogen (secondary N) is 1. The molecule has 0 amide bonds. The lowest BCUT2D eigenvalue weighted by Gasteiger charge is -2.30. The van der Waals surface area contributed by atoms with Gasteiger partial charge in [0.1, 0.15) is 5.15 Å². The lowest BCUT2D eigenvalue weighted by molar-refractivity contribution is 0.287. The van der Waals surface area contributed by atoms with Gasteiger partial charge in [-0.3, -0.25) is 4.72 Å². The van der Waals surface area contributed by atoms with Crippen LogP contribution in [0.5, 0.6) is 0 Å². The van der Waals surface area contributed by atoms with Gasteiger partial charge in [0, 0.05) is 13.1 Å². The van der Waals surface area contributed by atoms with Crippen molar-refractivity contribution in [2.24, 2.45) is 0 Å².